The van der Waals surface area contributed by atoms with Gasteiger partial charge in [0.05, 0.1) is 0 Å². The third-order valence-electron chi connectivity index (χ3n) is 7.32. The lowest BCUT2D eigenvalue weighted by Crippen LogP contribution is -2.44. The molecule has 37 heavy (non-hydrogen) atoms. The van der Waals surface area contributed by atoms with E-state index >= 15 is 0 Å². The number of benzene rings is 1. The Hall–Kier alpha value is -3.35. The standard InChI is InChI=1S/C22H27N5O3.C2HF3O2/c28-21(23-16-2-3-16)20-25-24-19-5-6-22(13-27(19)20)7-9-26(10-8-22)12-15-1-4-17-18(11-15)30-14-29-17;3-2(4,5)1(6)7/h1,4,11,16H,2-3,5-10,12-14H2,(H,23,28);(H,6,7). The van der Waals surface area contributed by atoms with E-state index in [2.05, 4.69) is 37.1 Å². The van der Waals surface area contributed by atoms with Crippen LogP contribution in [0.15, 0.2) is 18.2 Å². The fraction of sp³-hybridized carbons (Fsp3) is 0.583. The first-order chi connectivity index (χ1) is 17.6. The molecule has 1 amide bonds. The SMILES string of the molecule is O=C(NC1CC1)c1nnc2n1CC1(CC2)CCN(Cc2ccc3c(c2)OCO3)CC1.O=C(O)C(F)(F)F. The van der Waals surface area contributed by atoms with Crippen LogP contribution in [-0.2, 0) is 24.3 Å². The number of hydrogen-bond acceptors (Lipinski definition) is 7. The van der Waals surface area contributed by atoms with Crippen molar-refractivity contribution in [2.75, 3.05) is 19.9 Å². The van der Waals surface area contributed by atoms with Gasteiger partial charge in [0, 0.05) is 25.6 Å². The molecule has 1 aliphatic carbocycles. The van der Waals surface area contributed by atoms with Gasteiger partial charge in [-0.2, -0.15) is 13.2 Å². The molecular weight excluding hydrogens is 495 g/mol. The third kappa shape index (κ3) is 5.81. The molecule has 0 bridgehead atoms. The predicted octanol–water partition coefficient (Wildman–Crippen LogP) is 2.76. The van der Waals surface area contributed by atoms with E-state index in [1.54, 1.807) is 0 Å². The molecule has 3 aliphatic heterocycles. The summed E-state index contributed by atoms with van der Waals surface area (Å²) in [6.07, 6.45) is 1.39. The number of piperidine rings is 1. The van der Waals surface area contributed by atoms with Gasteiger partial charge in [0.25, 0.3) is 5.91 Å². The van der Waals surface area contributed by atoms with Crippen LogP contribution in [0.25, 0.3) is 0 Å². The maximum Gasteiger partial charge on any atom is 0.490 e. The number of carboxylic acids is 1. The number of aliphatic carboxylic acids is 1. The predicted molar refractivity (Wildman–Crippen MR) is 122 cm³/mol. The fourth-order valence-corrected chi connectivity index (χ4v) is 5.01. The quantitative estimate of drug-likeness (QED) is 0.628. The van der Waals surface area contributed by atoms with Crippen LogP contribution in [0.3, 0.4) is 0 Å². The zero-order chi connectivity index (χ0) is 26.2. The van der Waals surface area contributed by atoms with Gasteiger partial charge in [0.2, 0.25) is 12.6 Å². The first-order valence-electron chi connectivity index (χ1n) is 12.3. The number of carboxylic acid groups (broad SMARTS) is 1. The summed E-state index contributed by atoms with van der Waals surface area (Å²) >= 11 is 0. The number of alkyl halides is 3. The molecule has 13 heteroatoms. The number of hydrogen-bond donors (Lipinski definition) is 2. The Morgan fingerprint density at radius 2 is 1.81 bits per heavy atom. The molecule has 1 aromatic carbocycles. The zero-order valence-electron chi connectivity index (χ0n) is 20.1. The summed E-state index contributed by atoms with van der Waals surface area (Å²) in [6, 6.07) is 6.57. The minimum atomic E-state index is -5.08. The Balaban J connectivity index is 0.000000355. The number of ether oxygens (including phenoxy) is 2. The highest BCUT2D eigenvalue weighted by Gasteiger charge is 2.40. The molecule has 0 unspecified atom stereocenters. The lowest BCUT2D eigenvalue weighted by atomic mass is 9.73. The number of halogens is 3. The van der Waals surface area contributed by atoms with E-state index in [1.807, 2.05) is 6.07 Å². The molecule has 1 saturated carbocycles. The van der Waals surface area contributed by atoms with E-state index in [9.17, 15) is 18.0 Å². The lowest BCUT2D eigenvalue weighted by Gasteiger charge is -2.44. The largest absolute Gasteiger partial charge is 0.490 e. The summed E-state index contributed by atoms with van der Waals surface area (Å²) in [5, 5.41) is 18.7. The van der Waals surface area contributed by atoms with Crippen molar-refractivity contribution in [1.82, 2.24) is 25.0 Å². The van der Waals surface area contributed by atoms with Gasteiger partial charge in [-0.3, -0.25) is 9.69 Å². The summed E-state index contributed by atoms with van der Waals surface area (Å²) in [7, 11) is 0. The van der Waals surface area contributed by atoms with E-state index in [0.717, 1.165) is 82.0 Å². The number of fused-ring (bicyclic) bond motifs is 2. The van der Waals surface area contributed by atoms with E-state index in [1.165, 1.54) is 5.56 Å². The van der Waals surface area contributed by atoms with Gasteiger partial charge in [-0.05, 0) is 68.3 Å². The Bertz CT molecular complexity index is 1170. The number of aryl methyl sites for hydroxylation is 1. The summed E-state index contributed by atoms with van der Waals surface area (Å²) in [5.74, 6) is 0.333. The molecule has 0 radical (unpaired) electrons. The van der Waals surface area contributed by atoms with E-state index < -0.39 is 12.1 Å². The van der Waals surface area contributed by atoms with Crippen molar-refractivity contribution >= 4 is 11.9 Å². The molecule has 2 fully saturated rings. The fourth-order valence-electron chi connectivity index (χ4n) is 5.01. The Kier molecular flexibility index (Phi) is 6.73. The monoisotopic (exact) mass is 523 g/mol. The molecule has 4 heterocycles. The summed E-state index contributed by atoms with van der Waals surface area (Å²) in [4.78, 5) is 24.0. The second kappa shape index (κ2) is 9.84. The molecule has 6 rings (SSSR count). The Morgan fingerprint density at radius 3 is 2.49 bits per heavy atom. The topological polar surface area (TPSA) is 119 Å². The smallest absolute Gasteiger partial charge is 0.475 e. The van der Waals surface area contributed by atoms with Crippen molar-refractivity contribution in [3.8, 4) is 11.5 Å². The van der Waals surface area contributed by atoms with E-state index in [4.69, 9.17) is 19.4 Å². The summed E-state index contributed by atoms with van der Waals surface area (Å²) in [6.45, 7) is 4.24. The van der Waals surface area contributed by atoms with E-state index in [0.29, 0.717) is 18.7 Å². The minimum absolute atomic E-state index is 0.0615. The van der Waals surface area contributed by atoms with Gasteiger partial charge in [-0.25, -0.2) is 4.79 Å². The average molecular weight is 524 g/mol. The van der Waals surface area contributed by atoms with Crippen molar-refractivity contribution in [3.63, 3.8) is 0 Å². The summed E-state index contributed by atoms with van der Waals surface area (Å²) in [5.41, 5.74) is 1.51. The first-order valence-corrected chi connectivity index (χ1v) is 12.3. The van der Waals surface area contributed by atoms with Gasteiger partial charge in [-0.15, -0.1) is 10.2 Å². The highest BCUT2D eigenvalue weighted by Crippen LogP contribution is 2.41. The van der Waals surface area contributed by atoms with Crippen LogP contribution in [0.2, 0.25) is 0 Å². The highest BCUT2D eigenvalue weighted by atomic mass is 19.4. The maximum absolute atomic E-state index is 12.6. The molecule has 4 aliphatic rings. The Morgan fingerprint density at radius 1 is 1.11 bits per heavy atom. The van der Waals surface area contributed by atoms with Gasteiger partial charge in [-0.1, -0.05) is 6.07 Å². The van der Waals surface area contributed by atoms with Crippen molar-refractivity contribution in [3.05, 3.63) is 35.4 Å². The van der Waals surface area contributed by atoms with Crippen LogP contribution < -0.4 is 14.8 Å². The molecule has 10 nitrogen and oxygen atoms in total. The Labute approximate surface area is 210 Å². The third-order valence-corrected chi connectivity index (χ3v) is 7.32. The molecule has 1 aromatic heterocycles. The molecule has 0 atom stereocenters. The van der Waals surface area contributed by atoms with Crippen LogP contribution in [0.1, 0.15) is 54.1 Å². The molecule has 200 valence electrons. The molecular formula is C24H28F3N5O5. The average Bonchev–Trinajstić information content (AvgIpc) is 3.37. The lowest BCUT2D eigenvalue weighted by molar-refractivity contribution is -0.192. The number of carbonyl (C=O) groups is 2. The normalized spacial score (nSPS) is 20.1. The van der Waals surface area contributed by atoms with Crippen molar-refractivity contribution in [2.45, 2.75) is 63.8 Å². The van der Waals surface area contributed by atoms with Crippen LogP contribution in [0.5, 0.6) is 11.5 Å². The number of nitrogens with zero attached hydrogens (tertiary/aromatic N) is 4. The molecule has 2 aromatic rings. The number of likely N-dealkylation sites (tertiary alicyclic amines) is 1. The molecule has 1 saturated heterocycles. The zero-order valence-corrected chi connectivity index (χ0v) is 20.1. The number of carbonyl (C=O) groups excluding carboxylic acids is 1. The van der Waals surface area contributed by atoms with Gasteiger partial charge in [0.15, 0.2) is 11.5 Å². The number of rotatable bonds is 4. The van der Waals surface area contributed by atoms with Crippen LogP contribution in [0.4, 0.5) is 13.2 Å². The van der Waals surface area contributed by atoms with Crippen molar-refractivity contribution < 1.29 is 37.3 Å². The number of aromatic nitrogens is 3. The molecule has 2 N–H and O–H groups in total. The van der Waals surface area contributed by atoms with Crippen molar-refractivity contribution in [2.24, 2.45) is 5.41 Å². The second-order valence-corrected chi connectivity index (χ2v) is 10.0. The minimum Gasteiger partial charge on any atom is -0.475 e. The second-order valence-electron chi connectivity index (χ2n) is 10.0. The van der Waals surface area contributed by atoms with Gasteiger partial charge < -0.3 is 24.5 Å². The van der Waals surface area contributed by atoms with E-state index in [-0.39, 0.29) is 11.3 Å². The number of amides is 1. The van der Waals surface area contributed by atoms with Gasteiger partial charge in [0.1, 0.15) is 5.82 Å². The first kappa shape index (κ1) is 25.3. The van der Waals surface area contributed by atoms with Crippen LogP contribution >= 0.6 is 0 Å². The van der Waals surface area contributed by atoms with Crippen LogP contribution in [-0.4, -0.2) is 68.7 Å². The number of nitrogens with one attached hydrogen (secondary N) is 1. The highest BCUT2D eigenvalue weighted by molar-refractivity contribution is 5.91. The van der Waals surface area contributed by atoms with Gasteiger partial charge >= 0.3 is 12.1 Å². The molecule has 1 spiro atoms. The maximum atomic E-state index is 12.6. The van der Waals surface area contributed by atoms with Crippen molar-refractivity contribution in [1.29, 1.82) is 0 Å². The summed E-state index contributed by atoms with van der Waals surface area (Å²) < 4.78 is 44.8. The van der Waals surface area contributed by atoms with Crippen LogP contribution in [0, 0.1) is 5.41 Å².